The van der Waals surface area contributed by atoms with Crippen molar-refractivity contribution in [3.05, 3.63) is 83.6 Å². The lowest BCUT2D eigenvalue weighted by Gasteiger charge is -2.50. The number of ether oxygens (including phenoxy) is 4. The van der Waals surface area contributed by atoms with E-state index in [2.05, 4.69) is 49.4 Å². The largest absolute Gasteiger partial charge is 0.487 e. The van der Waals surface area contributed by atoms with E-state index in [4.69, 9.17) is 18.9 Å². The summed E-state index contributed by atoms with van der Waals surface area (Å²) < 4.78 is 25.1. The molecule has 0 bridgehead atoms. The molecule has 0 saturated carbocycles. The Balaban J connectivity index is 1.31. The van der Waals surface area contributed by atoms with Gasteiger partial charge in [0.1, 0.15) is 12.2 Å². The molecule has 1 fully saturated rings. The second kappa shape index (κ2) is 10.4. The molecule has 0 amide bonds. The van der Waals surface area contributed by atoms with Gasteiger partial charge in [-0.15, -0.1) is 0 Å². The molecule has 2 aromatic carbocycles. The normalized spacial score (nSPS) is 27.8. The number of rotatable bonds is 9. The van der Waals surface area contributed by atoms with E-state index in [9.17, 15) is 0 Å². The van der Waals surface area contributed by atoms with Gasteiger partial charge in [0.05, 0.1) is 25.1 Å². The van der Waals surface area contributed by atoms with Gasteiger partial charge in [-0.1, -0.05) is 60.7 Å². The third kappa shape index (κ3) is 5.76. The fourth-order valence-corrected chi connectivity index (χ4v) is 4.55. The molecule has 0 N–H and O–H groups in total. The summed E-state index contributed by atoms with van der Waals surface area (Å²) in [5.74, 6) is 0.962. The topological polar surface area (TPSA) is 36.9 Å². The zero-order valence-corrected chi connectivity index (χ0v) is 18.7. The Kier molecular flexibility index (Phi) is 7.44. The van der Waals surface area contributed by atoms with Gasteiger partial charge in [0.2, 0.25) is 0 Å². The lowest BCUT2D eigenvalue weighted by Crippen LogP contribution is -2.60. The van der Waals surface area contributed by atoms with E-state index >= 15 is 0 Å². The fourth-order valence-electron chi connectivity index (χ4n) is 4.55. The summed E-state index contributed by atoms with van der Waals surface area (Å²) in [5, 5.41) is 0. The van der Waals surface area contributed by atoms with Gasteiger partial charge in [0.15, 0.2) is 5.60 Å². The van der Waals surface area contributed by atoms with Crippen molar-refractivity contribution in [1.82, 2.24) is 0 Å². The minimum absolute atomic E-state index is 0.00894. The highest BCUT2D eigenvalue weighted by molar-refractivity contribution is 5.15. The third-order valence-electron chi connectivity index (χ3n) is 6.33. The van der Waals surface area contributed by atoms with Crippen molar-refractivity contribution in [2.75, 3.05) is 6.61 Å². The molecule has 0 spiro atoms. The van der Waals surface area contributed by atoms with Crippen molar-refractivity contribution in [2.45, 2.75) is 76.7 Å². The predicted molar refractivity (Wildman–Crippen MR) is 121 cm³/mol. The number of benzene rings is 2. The van der Waals surface area contributed by atoms with Gasteiger partial charge in [-0.3, -0.25) is 0 Å². The monoisotopic (exact) mass is 422 g/mol. The summed E-state index contributed by atoms with van der Waals surface area (Å²) in [4.78, 5) is 0. The van der Waals surface area contributed by atoms with Gasteiger partial charge >= 0.3 is 0 Å². The van der Waals surface area contributed by atoms with Crippen molar-refractivity contribution in [2.24, 2.45) is 0 Å². The Morgan fingerprint density at radius 3 is 2.35 bits per heavy atom. The highest BCUT2D eigenvalue weighted by Gasteiger charge is 2.51. The van der Waals surface area contributed by atoms with Crippen LogP contribution in [0.5, 0.6) is 0 Å². The van der Waals surface area contributed by atoms with Crippen LogP contribution in [0.1, 0.15) is 50.7 Å². The molecule has 4 rings (SSSR count). The van der Waals surface area contributed by atoms with Crippen LogP contribution in [-0.4, -0.2) is 30.5 Å². The lowest BCUT2D eigenvalue weighted by atomic mass is 9.81. The maximum atomic E-state index is 6.48. The van der Waals surface area contributed by atoms with Gasteiger partial charge < -0.3 is 18.9 Å². The molecule has 0 radical (unpaired) electrons. The van der Waals surface area contributed by atoms with Gasteiger partial charge in [-0.2, -0.15) is 0 Å². The standard InChI is InChI=1S/C27H34O4/c1-21-15-16-25-27(2,31-21)26(29-20-23-12-7-4-8-13-23)18-24(30-25)14-9-17-28-19-22-10-5-3-6-11-22/h3-8,10-13,15,24-26H,9,14,16-20H2,1-2H3/t24-,25+,26+,27+/m1/s1. The van der Waals surface area contributed by atoms with E-state index in [1.54, 1.807) is 0 Å². The Morgan fingerprint density at radius 1 is 0.968 bits per heavy atom. The maximum Gasteiger partial charge on any atom is 0.158 e. The van der Waals surface area contributed by atoms with E-state index in [0.29, 0.717) is 13.2 Å². The minimum Gasteiger partial charge on any atom is -0.487 e. The average molecular weight is 423 g/mol. The van der Waals surface area contributed by atoms with Crippen LogP contribution in [0.3, 0.4) is 0 Å². The van der Waals surface area contributed by atoms with E-state index < -0.39 is 5.60 Å². The molecule has 4 atom stereocenters. The SMILES string of the molecule is CC1=CC[C@@H]2O[C@H](CCCOCc3ccccc3)C[C@H](OCc3ccccc3)[C@@]2(C)O1. The molecule has 2 aromatic rings. The first-order valence-electron chi connectivity index (χ1n) is 11.4. The van der Waals surface area contributed by atoms with Crippen molar-refractivity contribution in [3.8, 4) is 0 Å². The molecule has 31 heavy (non-hydrogen) atoms. The second-order valence-corrected chi connectivity index (χ2v) is 8.78. The minimum atomic E-state index is -0.450. The van der Waals surface area contributed by atoms with Crippen molar-refractivity contribution >= 4 is 0 Å². The molecule has 2 aliphatic rings. The highest BCUT2D eigenvalue weighted by Crippen LogP contribution is 2.41. The Labute approximate surface area is 186 Å². The van der Waals surface area contributed by atoms with Gasteiger partial charge in [-0.25, -0.2) is 0 Å². The summed E-state index contributed by atoms with van der Waals surface area (Å²) in [6, 6.07) is 20.7. The van der Waals surface area contributed by atoms with E-state index in [1.165, 1.54) is 11.1 Å². The van der Waals surface area contributed by atoms with Crippen LogP contribution in [-0.2, 0) is 32.2 Å². The van der Waals surface area contributed by atoms with Crippen LogP contribution >= 0.6 is 0 Å². The Hall–Kier alpha value is -2.14. The Bertz CT molecular complexity index is 835. The van der Waals surface area contributed by atoms with E-state index in [-0.39, 0.29) is 18.3 Å². The zero-order valence-electron chi connectivity index (χ0n) is 18.7. The zero-order chi connectivity index (χ0) is 21.5. The molecule has 0 unspecified atom stereocenters. The first-order valence-corrected chi connectivity index (χ1v) is 11.4. The fraction of sp³-hybridized carbons (Fsp3) is 0.481. The quantitative estimate of drug-likeness (QED) is 0.478. The van der Waals surface area contributed by atoms with Crippen LogP contribution in [0.25, 0.3) is 0 Å². The van der Waals surface area contributed by atoms with E-state index in [0.717, 1.165) is 38.0 Å². The van der Waals surface area contributed by atoms with Crippen molar-refractivity contribution < 1.29 is 18.9 Å². The molecule has 0 aliphatic carbocycles. The molecule has 166 valence electrons. The van der Waals surface area contributed by atoms with Crippen molar-refractivity contribution in [1.29, 1.82) is 0 Å². The summed E-state index contributed by atoms with van der Waals surface area (Å²) in [7, 11) is 0. The molecule has 2 heterocycles. The van der Waals surface area contributed by atoms with Crippen LogP contribution in [0.15, 0.2) is 72.5 Å². The smallest absolute Gasteiger partial charge is 0.158 e. The number of hydrogen-bond acceptors (Lipinski definition) is 4. The molecular formula is C27H34O4. The number of allylic oxidation sites excluding steroid dienone is 1. The lowest BCUT2D eigenvalue weighted by molar-refractivity contribution is -0.247. The number of hydrogen-bond donors (Lipinski definition) is 0. The molecule has 4 nitrogen and oxygen atoms in total. The predicted octanol–water partition coefficient (Wildman–Crippen LogP) is 5.81. The summed E-state index contributed by atoms with van der Waals surface area (Å²) in [5.41, 5.74) is 1.94. The maximum absolute atomic E-state index is 6.48. The molecule has 4 heteroatoms. The summed E-state index contributed by atoms with van der Waals surface area (Å²) >= 11 is 0. The van der Waals surface area contributed by atoms with Crippen molar-refractivity contribution in [3.63, 3.8) is 0 Å². The third-order valence-corrected chi connectivity index (χ3v) is 6.33. The molecule has 1 saturated heterocycles. The molecule has 0 aromatic heterocycles. The first-order chi connectivity index (χ1) is 15.1. The molecular weight excluding hydrogens is 388 g/mol. The van der Waals surface area contributed by atoms with Crippen LogP contribution < -0.4 is 0 Å². The summed E-state index contributed by atoms with van der Waals surface area (Å²) in [6.45, 7) is 6.15. The highest BCUT2D eigenvalue weighted by atomic mass is 16.6. The summed E-state index contributed by atoms with van der Waals surface area (Å²) in [6.07, 6.45) is 5.95. The Morgan fingerprint density at radius 2 is 1.65 bits per heavy atom. The van der Waals surface area contributed by atoms with Crippen LogP contribution in [0, 0.1) is 0 Å². The number of fused-ring (bicyclic) bond motifs is 1. The van der Waals surface area contributed by atoms with Gasteiger partial charge in [0, 0.05) is 13.0 Å². The molecule has 2 aliphatic heterocycles. The first kappa shape index (κ1) is 22.1. The van der Waals surface area contributed by atoms with Crippen LogP contribution in [0.4, 0.5) is 0 Å². The van der Waals surface area contributed by atoms with Gasteiger partial charge in [0.25, 0.3) is 0 Å². The second-order valence-electron chi connectivity index (χ2n) is 8.78. The van der Waals surface area contributed by atoms with Crippen LogP contribution in [0.2, 0.25) is 0 Å². The average Bonchev–Trinajstić information content (AvgIpc) is 2.79. The van der Waals surface area contributed by atoms with E-state index in [1.807, 2.05) is 31.2 Å². The van der Waals surface area contributed by atoms with Gasteiger partial charge in [-0.05, 0) is 50.3 Å².